The van der Waals surface area contributed by atoms with Gasteiger partial charge in [-0.25, -0.2) is 0 Å². The van der Waals surface area contributed by atoms with Gasteiger partial charge in [-0.3, -0.25) is 4.90 Å². The van der Waals surface area contributed by atoms with Gasteiger partial charge in [0, 0.05) is 57.1 Å². The third-order valence-electron chi connectivity index (χ3n) is 7.54. The third kappa shape index (κ3) is 4.14. The summed E-state index contributed by atoms with van der Waals surface area (Å²) in [4.78, 5) is 7.67. The van der Waals surface area contributed by atoms with Crippen molar-refractivity contribution in [3.8, 4) is 5.75 Å². The maximum absolute atomic E-state index is 6.09. The summed E-state index contributed by atoms with van der Waals surface area (Å²) in [5.74, 6) is 2.93. The van der Waals surface area contributed by atoms with Gasteiger partial charge >= 0.3 is 0 Å². The summed E-state index contributed by atoms with van der Waals surface area (Å²) in [7, 11) is 2.20. The Bertz CT molecular complexity index is 762. The highest BCUT2D eigenvalue weighted by Crippen LogP contribution is 2.43. The first kappa shape index (κ1) is 19.3. The highest BCUT2D eigenvalue weighted by molar-refractivity contribution is 5.83. The molecule has 29 heavy (non-hydrogen) atoms. The largest absolute Gasteiger partial charge is 0.489 e. The molecular weight excluding hydrogens is 358 g/mol. The van der Waals surface area contributed by atoms with Gasteiger partial charge in [0.05, 0.1) is 12.2 Å². The molecule has 2 aliphatic carbocycles. The number of ether oxygens (including phenoxy) is 1. The Hall–Kier alpha value is -1.68. The molecule has 1 atom stereocenters. The molecule has 0 amide bonds. The van der Waals surface area contributed by atoms with Crippen LogP contribution < -0.4 is 14.5 Å². The molecule has 2 heterocycles. The number of hydrogen-bond donors (Lipinski definition) is 0. The van der Waals surface area contributed by atoms with Crippen molar-refractivity contribution in [2.45, 2.75) is 45.4 Å². The topological polar surface area (TPSA) is 19.0 Å². The van der Waals surface area contributed by atoms with E-state index in [9.17, 15) is 0 Å². The Morgan fingerprint density at radius 3 is 2.48 bits per heavy atom. The number of allylic oxidation sites excluding steroid dienone is 2. The zero-order chi connectivity index (χ0) is 19.8. The molecule has 0 spiro atoms. The van der Waals surface area contributed by atoms with E-state index in [0.717, 1.165) is 43.8 Å². The van der Waals surface area contributed by atoms with Crippen LogP contribution in [0.5, 0.6) is 5.75 Å². The molecule has 0 N–H and O–H groups in total. The SMILES string of the molecule is CCC1CC=C(c2cc3c(cc2N2CCN(CC4CC4)CC2)OCCN3C)CC1. The summed E-state index contributed by atoms with van der Waals surface area (Å²) >= 11 is 0. The lowest BCUT2D eigenvalue weighted by atomic mass is 9.84. The summed E-state index contributed by atoms with van der Waals surface area (Å²) in [5, 5.41) is 0. The zero-order valence-corrected chi connectivity index (χ0v) is 18.3. The van der Waals surface area contributed by atoms with Crippen LogP contribution in [0.1, 0.15) is 51.0 Å². The Kier molecular flexibility index (Phi) is 5.47. The highest BCUT2D eigenvalue weighted by Gasteiger charge is 2.29. The average Bonchev–Trinajstić information content (AvgIpc) is 3.58. The summed E-state index contributed by atoms with van der Waals surface area (Å²) in [6.07, 6.45) is 10.5. The minimum absolute atomic E-state index is 0.790. The number of rotatable bonds is 5. The van der Waals surface area contributed by atoms with Gasteiger partial charge in [0.1, 0.15) is 12.4 Å². The molecule has 4 aliphatic rings. The Morgan fingerprint density at radius 2 is 1.79 bits per heavy atom. The minimum atomic E-state index is 0.790. The summed E-state index contributed by atoms with van der Waals surface area (Å²) < 4.78 is 6.09. The van der Waals surface area contributed by atoms with Gasteiger partial charge in [-0.05, 0) is 55.6 Å². The molecule has 4 heteroatoms. The lowest BCUT2D eigenvalue weighted by Crippen LogP contribution is -2.47. The predicted octanol–water partition coefficient (Wildman–Crippen LogP) is 4.64. The Morgan fingerprint density at radius 1 is 0.966 bits per heavy atom. The number of anilines is 2. The zero-order valence-electron chi connectivity index (χ0n) is 18.3. The second kappa shape index (κ2) is 8.22. The molecule has 1 saturated carbocycles. The Balaban J connectivity index is 1.42. The smallest absolute Gasteiger partial charge is 0.144 e. The normalized spacial score (nSPS) is 25.4. The number of benzene rings is 1. The van der Waals surface area contributed by atoms with Crippen LogP contribution in [0.3, 0.4) is 0 Å². The maximum atomic E-state index is 6.09. The fraction of sp³-hybridized carbons (Fsp3) is 0.680. The van der Waals surface area contributed by atoms with Crippen molar-refractivity contribution in [3.63, 3.8) is 0 Å². The first-order chi connectivity index (χ1) is 14.2. The quantitative estimate of drug-likeness (QED) is 0.723. The van der Waals surface area contributed by atoms with E-state index < -0.39 is 0 Å². The summed E-state index contributed by atoms with van der Waals surface area (Å²) in [6, 6.07) is 4.78. The third-order valence-corrected chi connectivity index (χ3v) is 7.54. The van der Waals surface area contributed by atoms with Crippen molar-refractivity contribution in [2.75, 3.05) is 62.7 Å². The molecule has 0 aromatic heterocycles. The van der Waals surface area contributed by atoms with Crippen LogP contribution >= 0.6 is 0 Å². The summed E-state index contributed by atoms with van der Waals surface area (Å²) in [5.41, 5.74) is 5.70. The minimum Gasteiger partial charge on any atom is -0.489 e. The maximum Gasteiger partial charge on any atom is 0.144 e. The first-order valence-electron chi connectivity index (χ1n) is 11.9. The van der Waals surface area contributed by atoms with Gasteiger partial charge in [-0.15, -0.1) is 0 Å². The molecule has 1 unspecified atom stereocenters. The van der Waals surface area contributed by atoms with Crippen LogP contribution in [0.25, 0.3) is 5.57 Å². The molecule has 4 nitrogen and oxygen atoms in total. The molecule has 0 bridgehead atoms. The molecule has 0 radical (unpaired) electrons. The van der Waals surface area contributed by atoms with Gasteiger partial charge < -0.3 is 14.5 Å². The van der Waals surface area contributed by atoms with Crippen LogP contribution in [0.4, 0.5) is 11.4 Å². The van der Waals surface area contributed by atoms with E-state index in [4.69, 9.17) is 4.74 Å². The molecule has 1 saturated heterocycles. The fourth-order valence-electron chi connectivity index (χ4n) is 5.24. The predicted molar refractivity (Wildman–Crippen MR) is 122 cm³/mol. The van der Waals surface area contributed by atoms with Crippen molar-refractivity contribution in [3.05, 3.63) is 23.8 Å². The molecule has 2 aliphatic heterocycles. The Labute approximate surface area is 176 Å². The van der Waals surface area contributed by atoms with Crippen molar-refractivity contribution in [1.29, 1.82) is 0 Å². The van der Waals surface area contributed by atoms with Crippen molar-refractivity contribution in [2.24, 2.45) is 11.8 Å². The number of hydrogen-bond acceptors (Lipinski definition) is 4. The van der Waals surface area contributed by atoms with Gasteiger partial charge in [0.2, 0.25) is 0 Å². The van der Waals surface area contributed by atoms with Gasteiger partial charge in [0.25, 0.3) is 0 Å². The molecule has 2 fully saturated rings. The van der Waals surface area contributed by atoms with Crippen LogP contribution in [0, 0.1) is 11.8 Å². The van der Waals surface area contributed by atoms with E-state index in [-0.39, 0.29) is 0 Å². The highest BCUT2D eigenvalue weighted by atomic mass is 16.5. The van der Waals surface area contributed by atoms with Crippen molar-refractivity contribution >= 4 is 16.9 Å². The van der Waals surface area contributed by atoms with Gasteiger partial charge in [-0.1, -0.05) is 19.4 Å². The van der Waals surface area contributed by atoms with Gasteiger partial charge in [0.15, 0.2) is 0 Å². The standard InChI is InChI=1S/C25H37N3O/c1-3-19-6-8-21(9-7-19)22-16-24-25(29-15-14-26(24)2)17-23(22)28-12-10-27(11-13-28)18-20-4-5-20/h8,16-17,19-20H,3-7,9-15,18H2,1-2H3. The van der Waals surface area contributed by atoms with Crippen molar-refractivity contribution < 1.29 is 4.74 Å². The number of nitrogens with zero attached hydrogens (tertiary/aromatic N) is 3. The molecule has 1 aromatic rings. The van der Waals surface area contributed by atoms with E-state index in [2.05, 4.69) is 46.9 Å². The molecule has 5 rings (SSSR count). The lowest BCUT2D eigenvalue weighted by Gasteiger charge is -2.39. The number of piperazine rings is 1. The van der Waals surface area contributed by atoms with Crippen LogP contribution in [-0.2, 0) is 0 Å². The van der Waals surface area contributed by atoms with Crippen LogP contribution in [0.15, 0.2) is 18.2 Å². The second-order valence-electron chi connectivity index (χ2n) is 9.62. The monoisotopic (exact) mass is 395 g/mol. The fourth-order valence-corrected chi connectivity index (χ4v) is 5.24. The number of fused-ring (bicyclic) bond motifs is 1. The second-order valence-corrected chi connectivity index (χ2v) is 9.62. The van der Waals surface area contributed by atoms with Crippen LogP contribution in [-0.4, -0.2) is 57.8 Å². The average molecular weight is 396 g/mol. The summed E-state index contributed by atoms with van der Waals surface area (Å²) in [6.45, 7) is 10.1. The molecule has 158 valence electrons. The van der Waals surface area contributed by atoms with E-state index in [1.165, 1.54) is 75.1 Å². The molecular formula is C25H37N3O. The van der Waals surface area contributed by atoms with Gasteiger partial charge in [-0.2, -0.15) is 0 Å². The molecule has 1 aromatic carbocycles. The van der Waals surface area contributed by atoms with E-state index in [1.54, 1.807) is 5.57 Å². The van der Waals surface area contributed by atoms with Crippen molar-refractivity contribution in [1.82, 2.24) is 4.90 Å². The van der Waals surface area contributed by atoms with E-state index in [0.29, 0.717) is 0 Å². The number of likely N-dealkylation sites (N-methyl/N-ethyl adjacent to an activating group) is 1. The lowest BCUT2D eigenvalue weighted by molar-refractivity contribution is 0.248. The van der Waals surface area contributed by atoms with Crippen LogP contribution in [0.2, 0.25) is 0 Å². The van der Waals surface area contributed by atoms with E-state index >= 15 is 0 Å². The first-order valence-corrected chi connectivity index (χ1v) is 11.9. The van der Waals surface area contributed by atoms with E-state index in [1.807, 2.05) is 0 Å².